The molecule has 17 heavy (non-hydrogen) atoms. The van der Waals surface area contributed by atoms with Crippen LogP contribution >= 0.6 is 11.6 Å². The first kappa shape index (κ1) is 11.5. The van der Waals surface area contributed by atoms with E-state index in [4.69, 9.17) is 26.0 Å². The Labute approximate surface area is 102 Å². The third-order valence-corrected chi connectivity index (χ3v) is 2.35. The highest BCUT2D eigenvalue weighted by molar-refractivity contribution is 6.32. The van der Waals surface area contributed by atoms with Crippen molar-refractivity contribution >= 4 is 17.6 Å². The largest absolute Gasteiger partial charge is 0.483 e. The summed E-state index contributed by atoms with van der Waals surface area (Å²) in [6.45, 7) is 0.0734. The molecule has 0 bridgehead atoms. The van der Waals surface area contributed by atoms with E-state index in [0.717, 1.165) is 0 Å². The van der Waals surface area contributed by atoms with Gasteiger partial charge in [0.05, 0.1) is 11.2 Å². The Morgan fingerprint density at radius 3 is 2.94 bits per heavy atom. The zero-order valence-electron chi connectivity index (χ0n) is 8.59. The number of hydrogen-bond acceptors (Lipinski definition) is 4. The number of carboxylic acids is 1. The Morgan fingerprint density at radius 1 is 1.47 bits per heavy atom. The van der Waals surface area contributed by atoms with E-state index in [9.17, 15) is 4.79 Å². The fourth-order valence-electron chi connectivity index (χ4n) is 1.28. The Balaban J connectivity index is 2.22. The van der Waals surface area contributed by atoms with Crippen LogP contribution in [0.5, 0.6) is 5.75 Å². The first-order chi connectivity index (χ1) is 8.18. The van der Waals surface area contributed by atoms with Crippen molar-refractivity contribution in [3.8, 4) is 5.75 Å². The monoisotopic (exact) mass is 253 g/mol. The predicted octanol–water partition coefficient (Wildman–Crippen LogP) is 2.61. The van der Waals surface area contributed by atoms with E-state index in [1.807, 2.05) is 0 Å². The molecule has 0 spiro atoms. The maximum atomic E-state index is 11.0. The summed E-state index contributed by atoms with van der Waals surface area (Å²) < 4.78 is 10.2. The molecule has 0 saturated heterocycles. The lowest BCUT2D eigenvalue weighted by atomic mass is 10.2. The Hall–Kier alpha value is -2.01. The lowest BCUT2D eigenvalue weighted by Gasteiger charge is -2.08. The molecule has 1 N–H and O–H groups in total. The van der Waals surface area contributed by atoms with Gasteiger partial charge < -0.3 is 14.4 Å². The molecule has 0 aliphatic rings. The molecule has 0 aliphatic carbocycles. The van der Waals surface area contributed by atoms with Crippen LogP contribution < -0.4 is 4.74 Å². The number of aromatic nitrogens is 1. The number of aromatic carboxylic acids is 1. The summed E-state index contributed by atoms with van der Waals surface area (Å²) in [4.78, 5) is 11.0. The molecule has 0 fully saturated rings. The molecule has 1 aromatic heterocycles. The lowest BCUT2D eigenvalue weighted by molar-refractivity contribution is 0.0691. The standard InChI is InChI=1S/C11H8ClNO4/c12-9-3-1-2-8(11(14)15)10(9)16-6-7-4-5-13-17-7/h1-5H,6H2,(H,14,15). The van der Waals surface area contributed by atoms with Gasteiger partial charge in [-0.15, -0.1) is 0 Å². The molecule has 2 rings (SSSR count). The third kappa shape index (κ3) is 2.57. The molecule has 1 aromatic carbocycles. The van der Waals surface area contributed by atoms with Gasteiger partial charge in [-0.05, 0) is 12.1 Å². The van der Waals surface area contributed by atoms with Gasteiger partial charge >= 0.3 is 5.97 Å². The number of para-hydroxylation sites is 1. The minimum atomic E-state index is -1.10. The van der Waals surface area contributed by atoms with E-state index in [1.54, 1.807) is 18.2 Å². The predicted molar refractivity (Wildman–Crippen MR) is 59.2 cm³/mol. The minimum absolute atomic E-state index is 0.0111. The van der Waals surface area contributed by atoms with Gasteiger partial charge in [-0.2, -0.15) is 0 Å². The Bertz CT molecular complexity index is 524. The van der Waals surface area contributed by atoms with Crippen LogP contribution in [-0.4, -0.2) is 16.2 Å². The zero-order chi connectivity index (χ0) is 12.3. The molecule has 0 amide bonds. The molecule has 5 nitrogen and oxygen atoms in total. The summed E-state index contributed by atoms with van der Waals surface area (Å²) in [5.74, 6) is -0.487. The van der Waals surface area contributed by atoms with Gasteiger partial charge in [0.2, 0.25) is 0 Å². The number of ether oxygens (including phenoxy) is 1. The van der Waals surface area contributed by atoms with Gasteiger partial charge in [0.1, 0.15) is 12.2 Å². The normalized spacial score (nSPS) is 10.2. The first-order valence-corrected chi connectivity index (χ1v) is 5.10. The molecule has 0 aliphatic heterocycles. The van der Waals surface area contributed by atoms with Crippen molar-refractivity contribution in [2.45, 2.75) is 6.61 Å². The van der Waals surface area contributed by atoms with Gasteiger partial charge in [-0.25, -0.2) is 4.79 Å². The lowest BCUT2D eigenvalue weighted by Crippen LogP contribution is -2.03. The van der Waals surface area contributed by atoms with Crippen molar-refractivity contribution in [2.24, 2.45) is 0 Å². The second-order valence-electron chi connectivity index (χ2n) is 3.19. The van der Waals surface area contributed by atoms with Gasteiger partial charge in [0.15, 0.2) is 11.5 Å². The number of nitrogens with zero attached hydrogens (tertiary/aromatic N) is 1. The summed E-state index contributed by atoms with van der Waals surface area (Å²) in [5.41, 5.74) is 0.0111. The fourth-order valence-corrected chi connectivity index (χ4v) is 1.51. The van der Waals surface area contributed by atoms with E-state index < -0.39 is 5.97 Å². The number of benzene rings is 1. The molecule has 2 aromatic rings. The molecule has 88 valence electrons. The molecular formula is C11H8ClNO4. The van der Waals surface area contributed by atoms with Crippen molar-refractivity contribution in [2.75, 3.05) is 0 Å². The molecular weight excluding hydrogens is 246 g/mol. The highest BCUT2D eigenvalue weighted by Crippen LogP contribution is 2.29. The van der Waals surface area contributed by atoms with Crippen LogP contribution in [0.15, 0.2) is 35.0 Å². The maximum absolute atomic E-state index is 11.0. The van der Waals surface area contributed by atoms with Crippen LogP contribution in [0.1, 0.15) is 16.1 Å². The maximum Gasteiger partial charge on any atom is 0.339 e. The fraction of sp³-hybridized carbons (Fsp3) is 0.0909. The average molecular weight is 254 g/mol. The second kappa shape index (κ2) is 4.88. The first-order valence-electron chi connectivity index (χ1n) is 4.72. The van der Waals surface area contributed by atoms with Crippen LogP contribution in [0, 0.1) is 0 Å². The highest BCUT2D eigenvalue weighted by Gasteiger charge is 2.15. The van der Waals surface area contributed by atoms with Crippen LogP contribution in [0.2, 0.25) is 5.02 Å². The number of carboxylic acid groups (broad SMARTS) is 1. The Kier molecular flexibility index (Phi) is 3.30. The van der Waals surface area contributed by atoms with E-state index in [-0.39, 0.29) is 22.9 Å². The minimum Gasteiger partial charge on any atom is -0.483 e. The van der Waals surface area contributed by atoms with Crippen molar-refractivity contribution < 1.29 is 19.2 Å². The van der Waals surface area contributed by atoms with E-state index >= 15 is 0 Å². The van der Waals surface area contributed by atoms with Gasteiger partial charge in [0, 0.05) is 6.07 Å². The molecule has 0 radical (unpaired) electrons. The topological polar surface area (TPSA) is 72.6 Å². The van der Waals surface area contributed by atoms with E-state index in [0.29, 0.717) is 5.76 Å². The molecule has 6 heteroatoms. The van der Waals surface area contributed by atoms with Crippen LogP contribution in [-0.2, 0) is 6.61 Å². The van der Waals surface area contributed by atoms with Crippen LogP contribution in [0.25, 0.3) is 0 Å². The summed E-state index contributed by atoms with van der Waals surface area (Å²) in [6, 6.07) is 6.15. The van der Waals surface area contributed by atoms with E-state index in [1.165, 1.54) is 12.3 Å². The van der Waals surface area contributed by atoms with Crippen LogP contribution in [0.4, 0.5) is 0 Å². The Morgan fingerprint density at radius 2 is 2.29 bits per heavy atom. The van der Waals surface area contributed by atoms with Gasteiger partial charge in [-0.3, -0.25) is 0 Å². The summed E-state index contributed by atoms with van der Waals surface area (Å²) >= 11 is 5.88. The van der Waals surface area contributed by atoms with Gasteiger partial charge in [-0.1, -0.05) is 22.8 Å². The molecule has 0 saturated carbocycles. The summed E-state index contributed by atoms with van der Waals surface area (Å²) in [6.07, 6.45) is 1.48. The average Bonchev–Trinajstić information content (AvgIpc) is 2.80. The number of hydrogen-bond donors (Lipinski definition) is 1. The summed E-state index contributed by atoms with van der Waals surface area (Å²) in [5, 5.41) is 12.7. The van der Waals surface area contributed by atoms with Crippen molar-refractivity contribution in [1.29, 1.82) is 0 Å². The SMILES string of the molecule is O=C(O)c1cccc(Cl)c1OCc1ccno1. The smallest absolute Gasteiger partial charge is 0.339 e. The van der Waals surface area contributed by atoms with Crippen molar-refractivity contribution in [3.05, 3.63) is 46.8 Å². The molecule has 1 heterocycles. The van der Waals surface area contributed by atoms with Crippen LogP contribution in [0.3, 0.4) is 0 Å². The highest BCUT2D eigenvalue weighted by atomic mass is 35.5. The second-order valence-corrected chi connectivity index (χ2v) is 3.60. The molecule has 0 unspecified atom stereocenters. The van der Waals surface area contributed by atoms with E-state index in [2.05, 4.69) is 5.16 Å². The quantitative estimate of drug-likeness (QED) is 0.907. The molecule has 0 atom stereocenters. The zero-order valence-corrected chi connectivity index (χ0v) is 9.35. The number of halogens is 1. The number of rotatable bonds is 4. The van der Waals surface area contributed by atoms with Crippen molar-refractivity contribution in [3.63, 3.8) is 0 Å². The third-order valence-electron chi connectivity index (χ3n) is 2.05. The van der Waals surface area contributed by atoms with Gasteiger partial charge in [0.25, 0.3) is 0 Å². The summed E-state index contributed by atoms with van der Waals surface area (Å²) in [7, 11) is 0. The van der Waals surface area contributed by atoms with Crippen molar-refractivity contribution in [1.82, 2.24) is 5.16 Å². The number of carbonyl (C=O) groups is 1.